The number of carbonyl (C=O) groups is 1. The molecule has 6 atom stereocenters. The van der Waals surface area contributed by atoms with Gasteiger partial charge < -0.3 is 24.8 Å². The van der Waals surface area contributed by atoms with Crippen molar-refractivity contribution in [3.8, 4) is 11.5 Å². The zero-order chi connectivity index (χ0) is 21.7. The van der Waals surface area contributed by atoms with Crippen molar-refractivity contribution >= 4 is 5.91 Å². The first-order valence-corrected chi connectivity index (χ1v) is 11.1. The number of hydrogen-bond donors (Lipinski definition) is 2. The number of methoxy groups -OCH3 is 2. The summed E-state index contributed by atoms with van der Waals surface area (Å²) in [5.41, 5.74) is 0.848. The van der Waals surface area contributed by atoms with Crippen molar-refractivity contribution < 1.29 is 19.0 Å². The maximum atomic E-state index is 12.4. The van der Waals surface area contributed by atoms with Gasteiger partial charge in [0, 0.05) is 37.1 Å². The summed E-state index contributed by atoms with van der Waals surface area (Å²) >= 11 is 0. The molecule has 0 unspecified atom stereocenters. The molecule has 0 spiro atoms. The molecule has 2 aliphatic heterocycles. The van der Waals surface area contributed by atoms with Gasteiger partial charge in [-0.15, -0.1) is 0 Å². The summed E-state index contributed by atoms with van der Waals surface area (Å²) < 4.78 is 17.5. The molecule has 3 aliphatic rings. The van der Waals surface area contributed by atoms with E-state index in [1.165, 1.54) is 0 Å². The lowest BCUT2D eigenvalue weighted by molar-refractivity contribution is -0.160. The molecule has 2 N–H and O–H groups in total. The minimum absolute atomic E-state index is 0.0411. The number of ether oxygens (including phenoxy) is 3. The number of carbonyl (C=O) groups excluding carboxylic acids is 1. The average molecular weight is 417 g/mol. The number of fused-ring (bicyclic) bond motifs is 4. The Kier molecular flexibility index (Phi) is 5.52. The molecular weight excluding hydrogens is 380 g/mol. The number of hydrogen-bond acceptors (Lipinski definition) is 5. The third-order valence-corrected chi connectivity index (χ3v) is 7.91. The molecule has 1 saturated carbocycles. The zero-order valence-corrected chi connectivity index (χ0v) is 19.1. The highest BCUT2D eigenvalue weighted by atomic mass is 16.5. The molecule has 6 nitrogen and oxygen atoms in total. The normalized spacial score (nSPS) is 37.1. The third-order valence-electron chi connectivity index (χ3n) is 7.91. The molecule has 166 valence electrons. The van der Waals surface area contributed by atoms with E-state index >= 15 is 0 Å². The van der Waals surface area contributed by atoms with Gasteiger partial charge in [0.05, 0.1) is 25.9 Å². The quantitative estimate of drug-likeness (QED) is 0.787. The minimum atomic E-state index is -0.273. The monoisotopic (exact) mass is 416 g/mol. The number of amides is 1. The maximum absolute atomic E-state index is 12.4. The predicted octanol–water partition coefficient (Wildman–Crippen LogP) is 3.45. The van der Waals surface area contributed by atoms with E-state index in [1.54, 1.807) is 21.1 Å². The van der Waals surface area contributed by atoms with Crippen LogP contribution in [0.5, 0.6) is 11.5 Å². The van der Waals surface area contributed by atoms with E-state index in [4.69, 9.17) is 14.2 Å². The molecule has 0 aromatic heterocycles. The Hall–Kier alpha value is -1.79. The molecule has 1 amide bonds. The molecule has 4 rings (SSSR count). The lowest BCUT2D eigenvalue weighted by Gasteiger charge is -2.63. The van der Waals surface area contributed by atoms with E-state index in [1.807, 2.05) is 18.2 Å². The zero-order valence-electron chi connectivity index (χ0n) is 19.1. The van der Waals surface area contributed by atoms with Gasteiger partial charge >= 0.3 is 0 Å². The van der Waals surface area contributed by atoms with Crippen molar-refractivity contribution in [1.29, 1.82) is 0 Å². The van der Waals surface area contributed by atoms with Gasteiger partial charge in [0.1, 0.15) is 11.5 Å². The fraction of sp³-hybridized carbons (Fsp3) is 0.708. The van der Waals surface area contributed by atoms with Gasteiger partial charge in [-0.2, -0.15) is 0 Å². The minimum Gasteiger partial charge on any atom is -0.497 e. The van der Waals surface area contributed by atoms with Crippen LogP contribution in [-0.2, 0) is 9.53 Å². The van der Waals surface area contributed by atoms with E-state index in [2.05, 4.69) is 31.4 Å². The van der Waals surface area contributed by atoms with Gasteiger partial charge in [-0.1, -0.05) is 0 Å². The second-order valence-corrected chi connectivity index (χ2v) is 9.94. The van der Waals surface area contributed by atoms with E-state index in [-0.39, 0.29) is 29.0 Å². The summed E-state index contributed by atoms with van der Waals surface area (Å²) in [5, 5.41) is 7.29. The smallest absolute Gasteiger partial charge is 0.217 e. The summed E-state index contributed by atoms with van der Waals surface area (Å²) in [7, 11) is 3.34. The van der Waals surface area contributed by atoms with Crippen LogP contribution < -0.4 is 20.1 Å². The molecule has 0 radical (unpaired) electrons. The molecule has 1 aliphatic carbocycles. The Morgan fingerprint density at radius 1 is 1.13 bits per heavy atom. The first kappa shape index (κ1) is 21.4. The van der Waals surface area contributed by atoms with Gasteiger partial charge in [0.25, 0.3) is 0 Å². The fourth-order valence-corrected chi connectivity index (χ4v) is 6.58. The van der Waals surface area contributed by atoms with Gasteiger partial charge in [0.15, 0.2) is 0 Å². The van der Waals surface area contributed by atoms with Gasteiger partial charge in [-0.3, -0.25) is 4.79 Å². The lowest BCUT2D eigenvalue weighted by atomic mass is 9.52. The molecule has 1 aromatic carbocycles. The summed E-state index contributed by atoms with van der Waals surface area (Å²) in [5.74, 6) is 2.66. The first-order valence-electron chi connectivity index (χ1n) is 11.1. The van der Waals surface area contributed by atoms with Crippen molar-refractivity contribution in [3.05, 3.63) is 23.8 Å². The maximum Gasteiger partial charge on any atom is 0.217 e. The molecular formula is C24H36N2O4. The number of piperidine rings is 1. The summed E-state index contributed by atoms with van der Waals surface area (Å²) in [6.45, 7) is 9.15. The van der Waals surface area contributed by atoms with Crippen molar-refractivity contribution in [2.75, 3.05) is 20.8 Å². The first-order chi connectivity index (χ1) is 14.2. The SMILES string of the molecule is COc1cc(OC)cc([C@@H]2OCC[C@]3(NC(C)=O)[C@H]4C[C@@H](C[C@@H]23)C(C)(C)N[C@@H]4C)c1. The molecule has 6 heteroatoms. The summed E-state index contributed by atoms with van der Waals surface area (Å²) in [6.07, 6.45) is 2.87. The van der Waals surface area contributed by atoms with Crippen LogP contribution in [0.25, 0.3) is 0 Å². The molecule has 2 bridgehead atoms. The third kappa shape index (κ3) is 3.48. The molecule has 1 aromatic rings. The van der Waals surface area contributed by atoms with Crippen LogP contribution in [0.3, 0.4) is 0 Å². The Morgan fingerprint density at radius 3 is 2.37 bits per heavy atom. The van der Waals surface area contributed by atoms with Crippen LogP contribution in [0, 0.1) is 17.8 Å². The molecule has 2 heterocycles. The topological polar surface area (TPSA) is 68.8 Å². The summed E-state index contributed by atoms with van der Waals surface area (Å²) in [6, 6.07) is 6.31. The Labute approximate surface area is 180 Å². The van der Waals surface area contributed by atoms with Crippen LogP contribution in [0.1, 0.15) is 58.6 Å². The van der Waals surface area contributed by atoms with Crippen molar-refractivity contribution in [2.24, 2.45) is 17.8 Å². The number of nitrogens with one attached hydrogen (secondary N) is 2. The highest BCUT2D eigenvalue weighted by Crippen LogP contribution is 2.57. The van der Waals surface area contributed by atoms with Gasteiger partial charge in [0.2, 0.25) is 5.91 Å². The molecule has 3 fully saturated rings. The van der Waals surface area contributed by atoms with E-state index < -0.39 is 0 Å². The van der Waals surface area contributed by atoms with Crippen molar-refractivity contribution in [1.82, 2.24) is 10.6 Å². The van der Waals surface area contributed by atoms with Gasteiger partial charge in [-0.25, -0.2) is 0 Å². The standard InChI is InChI=1S/C24H36N2O4/c1-14-20-11-17(23(3,4)25-14)12-21-22(30-8-7-24(20,21)26-15(2)27)16-9-18(28-5)13-19(10-16)29-6/h9-10,13-14,17,20-22,25H,7-8,11-12H2,1-6H3,(H,26,27)/t14-,17+,20+,21+,22+,24+/m1/s1. The Morgan fingerprint density at radius 2 is 1.77 bits per heavy atom. The predicted molar refractivity (Wildman–Crippen MR) is 116 cm³/mol. The molecule has 30 heavy (non-hydrogen) atoms. The second kappa shape index (κ2) is 7.72. The largest absolute Gasteiger partial charge is 0.497 e. The van der Waals surface area contributed by atoms with Crippen LogP contribution >= 0.6 is 0 Å². The van der Waals surface area contributed by atoms with Crippen LogP contribution in [0.2, 0.25) is 0 Å². The van der Waals surface area contributed by atoms with Crippen molar-refractivity contribution in [2.45, 2.75) is 70.2 Å². The Balaban J connectivity index is 1.80. The second-order valence-electron chi connectivity index (χ2n) is 9.94. The highest BCUT2D eigenvalue weighted by molar-refractivity contribution is 5.74. The fourth-order valence-electron chi connectivity index (χ4n) is 6.58. The Bertz CT molecular complexity index is 788. The number of rotatable bonds is 4. The number of benzene rings is 1. The molecule has 2 saturated heterocycles. The van der Waals surface area contributed by atoms with Crippen LogP contribution in [-0.4, -0.2) is 43.9 Å². The van der Waals surface area contributed by atoms with Crippen LogP contribution in [0.15, 0.2) is 18.2 Å². The van der Waals surface area contributed by atoms with E-state index in [0.717, 1.165) is 36.3 Å². The van der Waals surface area contributed by atoms with Crippen LogP contribution in [0.4, 0.5) is 0 Å². The van der Waals surface area contributed by atoms with E-state index in [9.17, 15) is 4.79 Å². The van der Waals surface area contributed by atoms with Crippen molar-refractivity contribution in [3.63, 3.8) is 0 Å². The lowest BCUT2D eigenvalue weighted by Crippen LogP contribution is -2.73. The van der Waals surface area contributed by atoms with E-state index in [0.29, 0.717) is 24.5 Å². The average Bonchev–Trinajstić information content (AvgIpc) is 2.70. The highest BCUT2D eigenvalue weighted by Gasteiger charge is 2.61. The van der Waals surface area contributed by atoms with Gasteiger partial charge in [-0.05, 0) is 69.6 Å². The summed E-state index contributed by atoms with van der Waals surface area (Å²) in [4.78, 5) is 12.4.